The van der Waals surface area contributed by atoms with Gasteiger partial charge in [0.05, 0.1) is 5.69 Å². The maximum atomic E-state index is 13.7. The zero-order valence-electron chi connectivity index (χ0n) is 10.1. The number of H-pyrrole nitrogens is 1. The monoisotopic (exact) mass is 248 g/mol. The van der Waals surface area contributed by atoms with E-state index in [0.717, 1.165) is 5.56 Å². The molecule has 2 aromatic rings. The van der Waals surface area contributed by atoms with Crippen molar-refractivity contribution in [1.29, 1.82) is 0 Å². The molecular weight excluding hydrogens is 235 g/mol. The van der Waals surface area contributed by atoms with Gasteiger partial charge in [-0.1, -0.05) is 24.3 Å². The summed E-state index contributed by atoms with van der Waals surface area (Å²) in [6, 6.07) is 8.23. The first-order valence-corrected chi connectivity index (χ1v) is 5.46. The van der Waals surface area contributed by atoms with Crippen molar-refractivity contribution in [1.82, 2.24) is 10.2 Å². The minimum atomic E-state index is -1.39. The van der Waals surface area contributed by atoms with Crippen LogP contribution in [0.2, 0.25) is 0 Å². The molecule has 0 saturated carbocycles. The van der Waals surface area contributed by atoms with E-state index in [9.17, 15) is 9.18 Å². The molecule has 0 bridgehead atoms. The first kappa shape index (κ1) is 12.3. The molecule has 4 nitrogen and oxygen atoms in total. The van der Waals surface area contributed by atoms with E-state index in [4.69, 9.17) is 5.11 Å². The van der Waals surface area contributed by atoms with E-state index in [1.54, 1.807) is 24.3 Å². The number of nitrogens with zero attached hydrogens (tertiary/aromatic N) is 1. The molecule has 0 amide bonds. The predicted octanol–water partition coefficient (Wildman–Crippen LogP) is 2.98. The number of carboxylic acids is 1. The number of hydrogen-bond donors (Lipinski definition) is 2. The van der Waals surface area contributed by atoms with E-state index in [-0.39, 0.29) is 5.69 Å². The smallest absolute Gasteiger partial charge is 0.353 e. The van der Waals surface area contributed by atoms with Crippen LogP contribution < -0.4 is 0 Å². The summed E-state index contributed by atoms with van der Waals surface area (Å²) < 4.78 is 13.7. The van der Waals surface area contributed by atoms with Crippen molar-refractivity contribution in [2.75, 3.05) is 0 Å². The lowest BCUT2D eigenvalue weighted by atomic mass is 9.98. The third kappa shape index (κ3) is 2.40. The molecule has 2 N–H and O–H groups in total. The number of aromatic amines is 1. The third-order valence-corrected chi connectivity index (χ3v) is 2.68. The van der Waals surface area contributed by atoms with Gasteiger partial charge < -0.3 is 5.11 Å². The zero-order chi connectivity index (χ0) is 13.3. The van der Waals surface area contributed by atoms with Gasteiger partial charge >= 0.3 is 5.97 Å². The molecule has 0 aliphatic heterocycles. The van der Waals surface area contributed by atoms with Gasteiger partial charge in [-0.15, -0.1) is 0 Å². The second-order valence-electron chi connectivity index (χ2n) is 4.52. The van der Waals surface area contributed by atoms with Crippen LogP contribution in [0.3, 0.4) is 0 Å². The molecule has 1 aromatic carbocycles. The average molecular weight is 248 g/mol. The third-order valence-electron chi connectivity index (χ3n) is 2.68. The number of carboxylic acid groups (broad SMARTS) is 1. The van der Waals surface area contributed by atoms with Gasteiger partial charge in [0.2, 0.25) is 0 Å². The number of halogens is 1. The normalized spacial score (nSPS) is 11.5. The summed E-state index contributed by atoms with van der Waals surface area (Å²) in [7, 11) is 0. The molecule has 18 heavy (non-hydrogen) atoms. The van der Waals surface area contributed by atoms with Crippen LogP contribution in [0.15, 0.2) is 30.3 Å². The van der Waals surface area contributed by atoms with Gasteiger partial charge in [-0.05, 0) is 25.5 Å². The van der Waals surface area contributed by atoms with Gasteiger partial charge in [-0.2, -0.15) is 5.10 Å². The molecular formula is C13H13FN2O2. The van der Waals surface area contributed by atoms with Crippen LogP contribution in [0.1, 0.15) is 29.9 Å². The Morgan fingerprint density at radius 2 is 1.94 bits per heavy atom. The van der Waals surface area contributed by atoms with Crippen LogP contribution in [0, 0.1) is 0 Å². The van der Waals surface area contributed by atoms with Crippen LogP contribution >= 0.6 is 0 Å². The number of alkyl halides is 1. The van der Waals surface area contributed by atoms with Crippen molar-refractivity contribution < 1.29 is 14.3 Å². The Morgan fingerprint density at radius 1 is 1.33 bits per heavy atom. The molecule has 1 aromatic heterocycles. The lowest BCUT2D eigenvalue weighted by molar-refractivity contribution is 0.0690. The maximum absolute atomic E-state index is 13.7. The second-order valence-corrected chi connectivity index (χ2v) is 4.52. The molecule has 5 heteroatoms. The Bertz CT molecular complexity index is 567. The molecule has 0 atom stereocenters. The zero-order valence-corrected chi connectivity index (χ0v) is 10.1. The summed E-state index contributed by atoms with van der Waals surface area (Å²) in [6.07, 6.45) is 0. The largest absolute Gasteiger partial charge is 0.477 e. The summed E-state index contributed by atoms with van der Waals surface area (Å²) in [4.78, 5) is 10.7. The lowest BCUT2D eigenvalue weighted by Crippen LogP contribution is -2.08. The SMILES string of the molecule is CC(C)(F)c1ccc(-c2cc(C(=O)O)[nH]n2)cc1. The predicted molar refractivity (Wildman–Crippen MR) is 65.1 cm³/mol. The van der Waals surface area contributed by atoms with Gasteiger partial charge in [0, 0.05) is 5.56 Å². The highest BCUT2D eigenvalue weighted by molar-refractivity contribution is 5.86. The minimum Gasteiger partial charge on any atom is -0.477 e. The Morgan fingerprint density at radius 3 is 2.39 bits per heavy atom. The van der Waals surface area contributed by atoms with Crippen molar-refractivity contribution in [2.24, 2.45) is 0 Å². The van der Waals surface area contributed by atoms with Crippen LogP contribution in [-0.4, -0.2) is 21.3 Å². The molecule has 0 unspecified atom stereocenters. The molecule has 0 radical (unpaired) electrons. The lowest BCUT2D eigenvalue weighted by Gasteiger charge is -2.14. The number of nitrogens with one attached hydrogen (secondary N) is 1. The van der Waals surface area contributed by atoms with E-state index in [1.807, 2.05) is 0 Å². The van der Waals surface area contributed by atoms with Gasteiger partial charge in [0.25, 0.3) is 0 Å². The van der Waals surface area contributed by atoms with E-state index < -0.39 is 11.6 Å². The fraction of sp³-hybridized carbons (Fsp3) is 0.231. The summed E-state index contributed by atoms with van der Waals surface area (Å²) in [5.41, 5.74) is 0.471. The van der Waals surface area contributed by atoms with E-state index in [2.05, 4.69) is 10.2 Å². The molecule has 1 heterocycles. The number of rotatable bonds is 3. The molecule has 2 rings (SSSR count). The van der Waals surface area contributed by atoms with E-state index in [0.29, 0.717) is 11.3 Å². The molecule has 0 saturated heterocycles. The van der Waals surface area contributed by atoms with Crippen molar-refractivity contribution >= 4 is 5.97 Å². The summed E-state index contributed by atoms with van der Waals surface area (Å²) in [6.45, 7) is 2.97. The maximum Gasteiger partial charge on any atom is 0.353 e. The van der Waals surface area contributed by atoms with Crippen LogP contribution in [-0.2, 0) is 5.67 Å². The highest BCUT2D eigenvalue weighted by Gasteiger charge is 2.18. The number of benzene rings is 1. The minimum absolute atomic E-state index is 0.0277. The van der Waals surface area contributed by atoms with Crippen LogP contribution in [0.5, 0.6) is 0 Å². The Kier molecular flexibility index (Phi) is 2.90. The summed E-state index contributed by atoms with van der Waals surface area (Å²) in [5.74, 6) is -1.06. The van der Waals surface area contributed by atoms with Crippen LogP contribution in [0.25, 0.3) is 11.3 Å². The topological polar surface area (TPSA) is 66.0 Å². The average Bonchev–Trinajstić information content (AvgIpc) is 2.77. The number of aromatic nitrogens is 2. The molecule has 0 aliphatic rings. The Hall–Kier alpha value is -2.17. The van der Waals surface area contributed by atoms with Crippen molar-refractivity contribution in [2.45, 2.75) is 19.5 Å². The van der Waals surface area contributed by atoms with E-state index in [1.165, 1.54) is 19.9 Å². The van der Waals surface area contributed by atoms with Gasteiger partial charge in [-0.25, -0.2) is 9.18 Å². The van der Waals surface area contributed by atoms with E-state index >= 15 is 0 Å². The highest BCUT2D eigenvalue weighted by atomic mass is 19.1. The van der Waals surface area contributed by atoms with Crippen molar-refractivity contribution in [3.8, 4) is 11.3 Å². The van der Waals surface area contributed by atoms with Gasteiger partial charge in [0.15, 0.2) is 0 Å². The first-order chi connectivity index (χ1) is 8.38. The standard InChI is InChI=1S/C13H13FN2O2/c1-13(2,14)9-5-3-8(4-6-9)10-7-11(12(17)18)16-15-10/h3-7H,1-2H3,(H,15,16)(H,17,18). The fourth-order valence-corrected chi connectivity index (χ4v) is 1.62. The molecule has 94 valence electrons. The number of carbonyl (C=O) groups is 1. The first-order valence-electron chi connectivity index (χ1n) is 5.46. The number of aromatic carboxylic acids is 1. The summed E-state index contributed by atoms with van der Waals surface area (Å²) >= 11 is 0. The van der Waals surface area contributed by atoms with Crippen molar-refractivity contribution in [3.63, 3.8) is 0 Å². The van der Waals surface area contributed by atoms with Crippen molar-refractivity contribution in [3.05, 3.63) is 41.6 Å². The Labute approximate surface area is 103 Å². The quantitative estimate of drug-likeness (QED) is 0.877. The number of hydrogen-bond acceptors (Lipinski definition) is 2. The second kappa shape index (κ2) is 4.25. The Balaban J connectivity index is 2.31. The van der Waals surface area contributed by atoms with Gasteiger partial charge in [0.1, 0.15) is 11.4 Å². The highest BCUT2D eigenvalue weighted by Crippen LogP contribution is 2.27. The fourth-order valence-electron chi connectivity index (χ4n) is 1.62. The van der Waals surface area contributed by atoms with Gasteiger partial charge in [-0.3, -0.25) is 5.10 Å². The summed E-state index contributed by atoms with van der Waals surface area (Å²) in [5, 5.41) is 15.1. The molecule has 0 spiro atoms. The molecule has 0 fully saturated rings. The molecule has 0 aliphatic carbocycles. The van der Waals surface area contributed by atoms with Crippen LogP contribution in [0.4, 0.5) is 4.39 Å².